The highest BCUT2D eigenvalue weighted by Gasteiger charge is 1.55. The van der Waals surface area contributed by atoms with Gasteiger partial charge in [0.1, 0.15) is 0 Å². The molecule has 0 aromatic heterocycles. The first-order chi connectivity index (χ1) is 3.91. The average molecular weight is 110 g/mol. The van der Waals surface area contributed by atoms with Gasteiger partial charge >= 0.3 is 0 Å². The molecule has 0 saturated heterocycles. The van der Waals surface area contributed by atoms with Crippen molar-refractivity contribution in [3.63, 3.8) is 0 Å². The van der Waals surface area contributed by atoms with Crippen molar-refractivity contribution in [1.29, 1.82) is 0 Å². The molecule has 0 rings (SSSR count). The Morgan fingerprint density at radius 2 is 1.00 bits per heavy atom. The summed E-state index contributed by atoms with van der Waals surface area (Å²) in [6.45, 7) is 0. The molecule has 0 aromatic carbocycles. The Kier molecular flexibility index (Phi) is 4.96. The normalized spacial score (nSPS) is 12.5. The smallest absolute Gasteiger partial charge is 0.00624 e. The summed E-state index contributed by atoms with van der Waals surface area (Å²) in [5, 5.41) is 0. The highest BCUT2D eigenvalue weighted by molar-refractivity contribution is 5.09. The fourth-order valence-electron chi connectivity index (χ4n) is 0.257. The molecule has 8 heavy (non-hydrogen) atoms. The molecule has 0 aromatic rings. The molecule has 0 bridgehead atoms. The van der Waals surface area contributed by atoms with Gasteiger partial charge in [-0.05, 0) is 24.6 Å². The van der Waals surface area contributed by atoms with Crippen LogP contribution in [0.1, 0.15) is 0 Å². The van der Waals surface area contributed by atoms with Crippen LogP contribution in [0, 0.1) is 0 Å². The molecule has 0 unspecified atom stereocenters. The van der Waals surface area contributed by atoms with Crippen LogP contribution in [0.4, 0.5) is 0 Å². The molecule has 0 amide bonds. The van der Waals surface area contributed by atoms with Crippen LogP contribution < -0.4 is 11.5 Å². The van der Waals surface area contributed by atoms with Crippen LogP contribution in [0.25, 0.3) is 0 Å². The quantitative estimate of drug-likeness (QED) is 0.508. The Hall–Kier alpha value is -1.18. The van der Waals surface area contributed by atoms with Gasteiger partial charge in [0.2, 0.25) is 0 Å². The molecule has 0 spiro atoms. The highest BCUT2D eigenvalue weighted by atomic mass is 14.5. The molecule has 0 radical (unpaired) electrons. The number of nitrogens with two attached hydrogens (primary N) is 2. The molecule has 0 saturated carbocycles. The van der Waals surface area contributed by atoms with E-state index in [9.17, 15) is 0 Å². The summed E-state index contributed by atoms with van der Waals surface area (Å²) in [7, 11) is 0. The molecule has 0 atom stereocenters. The van der Waals surface area contributed by atoms with Crippen molar-refractivity contribution in [2.24, 2.45) is 11.5 Å². The standard InChI is InChI=1S/C6H10N2/c7-5-3-1-2-4-6-8/h1-6H,7-8H2/b2-1+,5-3+,6-4+. The van der Waals surface area contributed by atoms with E-state index in [0.717, 1.165) is 0 Å². The van der Waals surface area contributed by atoms with Crippen LogP contribution in [0.3, 0.4) is 0 Å². The molecule has 0 aliphatic heterocycles. The molecule has 44 valence electrons. The van der Waals surface area contributed by atoms with Gasteiger partial charge in [-0.2, -0.15) is 0 Å². The van der Waals surface area contributed by atoms with Crippen molar-refractivity contribution >= 4 is 0 Å². The van der Waals surface area contributed by atoms with E-state index in [4.69, 9.17) is 11.5 Å². The molecule has 0 heterocycles. The molecular formula is C6H10N2. The molecule has 4 N–H and O–H groups in total. The van der Waals surface area contributed by atoms with E-state index in [1.54, 1.807) is 24.3 Å². The topological polar surface area (TPSA) is 52.0 Å². The van der Waals surface area contributed by atoms with E-state index < -0.39 is 0 Å². The number of rotatable bonds is 2. The minimum Gasteiger partial charge on any atom is -0.405 e. The maximum absolute atomic E-state index is 5.02. The Bertz CT molecular complexity index is 97.7. The summed E-state index contributed by atoms with van der Waals surface area (Å²) >= 11 is 0. The van der Waals surface area contributed by atoms with E-state index in [0.29, 0.717) is 0 Å². The first kappa shape index (κ1) is 6.82. The zero-order valence-corrected chi connectivity index (χ0v) is 4.62. The van der Waals surface area contributed by atoms with Gasteiger partial charge in [0, 0.05) is 0 Å². The van der Waals surface area contributed by atoms with Crippen LogP contribution in [-0.2, 0) is 0 Å². The maximum Gasteiger partial charge on any atom is -0.00624 e. The lowest BCUT2D eigenvalue weighted by Crippen LogP contribution is -1.73. The van der Waals surface area contributed by atoms with E-state index in [1.165, 1.54) is 12.4 Å². The van der Waals surface area contributed by atoms with Gasteiger partial charge in [0.25, 0.3) is 0 Å². The molecule has 2 nitrogen and oxygen atoms in total. The Morgan fingerprint density at radius 3 is 1.25 bits per heavy atom. The highest BCUT2D eigenvalue weighted by Crippen LogP contribution is 1.73. The van der Waals surface area contributed by atoms with E-state index in [2.05, 4.69) is 0 Å². The fraction of sp³-hybridized carbons (Fsp3) is 0. The van der Waals surface area contributed by atoms with Crippen molar-refractivity contribution in [1.82, 2.24) is 0 Å². The lowest BCUT2D eigenvalue weighted by atomic mass is 10.5. The lowest BCUT2D eigenvalue weighted by Gasteiger charge is -1.69. The molecule has 2 heteroatoms. The van der Waals surface area contributed by atoms with Gasteiger partial charge in [-0.1, -0.05) is 12.2 Å². The SMILES string of the molecule is N/C=C/C=C/C=C/N. The largest absolute Gasteiger partial charge is 0.405 e. The Labute approximate surface area is 49.2 Å². The van der Waals surface area contributed by atoms with Gasteiger partial charge in [-0.15, -0.1) is 0 Å². The third-order valence-electron chi connectivity index (χ3n) is 0.556. The van der Waals surface area contributed by atoms with Crippen LogP contribution in [0.2, 0.25) is 0 Å². The third-order valence-corrected chi connectivity index (χ3v) is 0.556. The number of allylic oxidation sites excluding steroid dienone is 4. The fourth-order valence-corrected chi connectivity index (χ4v) is 0.257. The second-order valence-corrected chi connectivity index (χ2v) is 1.15. The third kappa shape index (κ3) is 4.82. The summed E-state index contributed by atoms with van der Waals surface area (Å²) in [6.07, 6.45) is 9.95. The predicted molar refractivity (Wildman–Crippen MR) is 35.8 cm³/mol. The van der Waals surface area contributed by atoms with Crippen LogP contribution in [0.5, 0.6) is 0 Å². The Morgan fingerprint density at radius 1 is 0.625 bits per heavy atom. The second kappa shape index (κ2) is 5.82. The first-order valence-electron chi connectivity index (χ1n) is 2.33. The van der Waals surface area contributed by atoms with Crippen molar-refractivity contribution in [3.8, 4) is 0 Å². The maximum atomic E-state index is 5.02. The van der Waals surface area contributed by atoms with Crippen molar-refractivity contribution in [2.75, 3.05) is 0 Å². The molecule has 0 fully saturated rings. The van der Waals surface area contributed by atoms with Crippen molar-refractivity contribution in [2.45, 2.75) is 0 Å². The van der Waals surface area contributed by atoms with Gasteiger partial charge in [-0.25, -0.2) is 0 Å². The monoisotopic (exact) mass is 110 g/mol. The van der Waals surface area contributed by atoms with Crippen molar-refractivity contribution < 1.29 is 0 Å². The molecule has 0 aliphatic carbocycles. The zero-order valence-electron chi connectivity index (χ0n) is 4.62. The summed E-state index contributed by atoms with van der Waals surface area (Å²) in [5.41, 5.74) is 10.0. The predicted octanol–water partition coefficient (Wildman–Crippen LogP) is 0.487. The first-order valence-corrected chi connectivity index (χ1v) is 2.33. The van der Waals surface area contributed by atoms with E-state index in [-0.39, 0.29) is 0 Å². The van der Waals surface area contributed by atoms with Crippen LogP contribution in [-0.4, -0.2) is 0 Å². The van der Waals surface area contributed by atoms with Crippen LogP contribution >= 0.6 is 0 Å². The zero-order chi connectivity index (χ0) is 6.24. The summed E-state index contributed by atoms with van der Waals surface area (Å²) in [4.78, 5) is 0. The average Bonchev–Trinajstić information content (AvgIpc) is 1.81. The minimum atomic E-state index is 1.46. The summed E-state index contributed by atoms with van der Waals surface area (Å²) in [5.74, 6) is 0. The van der Waals surface area contributed by atoms with E-state index in [1.807, 2.05) is 0 Å². The molecular weight excluding hydrogens is 100 g/mol. The Balaban J connectivity index is 3.35. The van der Waals surface area contributed by atoms with Gasteiger partial charge in [0.05, 0.1) is 0 Å². The number of hydrogen-bond donors (Lipinski definition) is 2. The van der Waals surface area contributed by atoms with Crippen molar-refractivity contribution in [3.05, 3.63) is 36.7 Å². The second-order valence-electron chi connectivity index (χ2n) is 1.15. The van der Waals surface area contributed by atoms with Gasteiger partial charge in [0.15, 0.2) is 0 Å². The van der Waals surface area contributed by atoms with Crippen LogP contribution in [0.15, 0.2) is 36.7 Å². The minimum absolute atomic E-state index is 1.46. The molecule has 0 aliphatic rings. The van der Waals surface area contributed by atoms with Gasteiger partial charge < -0.3 is 11.5 Å². The summed E-state index contributed by atoms with van der Waals surface area (Å²) in [6, 6.07) is 0. The number of hydrogen-bond acceptors (Lipinski definition) is 2. The van der Waals surface area contributed by atoms with Gasteiger partial charge in [-0.3, -0.25) is 0 Å². The summed E-state index contributed by atoms with van der Waals surface area (Å²) < 4.78 is 0. The van der Waals surface area contributed by atoms with E-state index >= 15 is 0 Å². The lowest BCUT2D eigenvalue weighted by molar-refractivity contribution is 1.59.